The van der Waals surface area contributed by atoms with Gasteiger partial charge in [0.05, 0.1) is 0 Å². The molecule has 82 valence electrons. The smallest absolute Gasteiger partial charge is 0.270 e. The molecule has 1 atom stereocenters. The molecule has 1 rings (SSSR count). The highest BCUT2D eigenvalue weighted by Gasteiger charge is 2.13. The maximum atomic E-state index is 11.7. The van der Waals surface area contributed by atoms with Gasteiger partial charge in [0.25, 0.3) is 5.91 Å². The van der Waals surface area contributed by atoms with Crippen molar-refractivity contribution in [2.75, 3.05) is 0 Å². The number of pyridine rings is 1. The lowest BCUT2D eigenvalue weighted by Crippen LogP contribution is -2.36. The maximum absolute atomic E-state index is 11.7. The Morgan fingerprint density at radius 1 is 1.40 bits per heavy atom. The highest BCUT2D eigenvalue weighted by molar-refractivity contribution is 9.10. The van der Waals surface area contributed by atoms with Crippen LogP contribution in [0.5, 0.6) is 0 Å². The number of halogens is 1. The predicted molar refractivity (Wildman–Crippen MR) is 63.7 cm³/mol. The van der Waals surface area contributed by atoms with Crippen molar-refractivity contribution >= 4 is 21.8 Å². The van der Waals surface area contributed by atoms with Crippen molar-refractivity contribution in [2.45, 2.75) is 26.8 Å². The lowest BCUT2D eigenvalue weighted by atomic mass is 10.1. The number of nitrogens with zero attached hydrogens (tertiary/aromatic N) is 1. The third-order valence-corrected chi connectivity index (χ3v) is 2.75. The zero-order chi connectivity index (χ0) is 11.4. The first-order valence-electron chi connectivity index (χ1n) is 4.94. The van der Waals surface area contributed by atoms with Crippen LogP contribution in [0, 0.1) is 5.92 Å². The van der Waals surface area contributed by atoms with Crippen LogP contribution >= 0.6 is 15.9 Å². The first kappa shape index (κ1) is 12.2. The van der Waals surface area contributed by atoms with E-state index in [2.05, 4.69) is 40.1 Å². The summed E-state index contributed by atoms with van der Waals surface area (Å²) in [5.41, 5.74) is 0.442. The normalized spacial score (nSPS) is 12.6. The average molecular weight is 271 g/mol. The molecule has 0 saturated carbocycles. The van der Waals surface area contributed by atoms with Crippen molar-refractivity contribution in [1.82, 2.24) is 10.3 Å². The maximum Gasteiger partial charge on any atom is 0.270 e. The highest BCUT2D eigenvalue weighted by Crippen LogP contribution is 2.07. The van der Waals surface area contributed by atoms with Gasteiger partial charge in [-0.25, -0.2) is 4.98 Å². The molecule has 4 heteroatoms. The van der Waals surface area contributed by atoms with Crippen LogP contribution in [-0.2, 0) is 0 Å². The van der Waals surface area contributed by atoms with Gasteiger partial charge in [0.1, 0.15) is 10.3 Å². The zero-order valence-corrected chi connectivity index (χ0v) is 10.7. The monoisotopic (exact) mass is 270 g/mol. The van der Waals surface area contributed by atoms with Gasteiger partial charge in [0, 0.05) is 6.04 Å². The second kappa shape index (κ2) is 5.26. The highest BCUT2D eigenvalue weighted by atomic mass is 79.9. The molecule has 15 heavy (non-hydrogen) atoms. The van der Waals surface area contributed by atoms with Gasteiger partial charge in [-0.3, -0.25) is 4.79 Å². The van der Waals surface area contributed by atoms with E-state index in [1.165, 1.54) is 0 Å². The van der Waals surface area contributed by atoms with Gasteiger partial charge in [-0.15, -0.1) is 0 Å². The Kier molecular flexibility index (Phi) is 4.27. The molecule has 1 unspecified atom stereocenters. The Labute approximate surface area is 98.4 Å². The molecule has 0 aliphatic heterocycles. The Morgan fingerprint density at radius 2 is 2.07 bits per heavy atom. The fourth-order valence-corrected chi connectivity index (χ4v) is 1.33. The van der Waals surface area contributed by atoms with Crippen LogP contribution in [0.15, 0.2) is 22.8 Å². The fourth-order valence-electron chi connectivity index (χ4n) is 0.982. The first-order valence-corrected chi connectivity index (χ1v) is 5.73. The quantitative estimate of drug-likeness (QED) is 0.859. The van der Waals surface area contributed by atoms with Gasteiger partial charge in [0.15, 0.2) is 0 Å². The van der Waals surface area contributed by atoms with Crippen molar-refractivity contribution in [3.8, 4) is 0 Å². The van der Waals surface area contributed by atoms with Crippen LogP contribution < -0.4 is 5.32 Å². The third-order valence-electron chi connectivity index (χ3n) is 2.31. The predicted octanol–water partition coefficient (Wildman–Crippen LogP) is 2.62. The lowest BCUT2D eigenvalue weighted by Gasteiger charge is -2.16. The van der Waals surface area contributed by atoms with Crippen LogP contribution in [0.3, 0.4) is 0 Å². The minimum Gasteiger partial charge on any atom is -0.348 e. The van der Waals surface area contributed by atoms with Crippen LogP contribution in [0.25, 0.3) is 0 Å². The van der Waals surface area contributed by atoms with E-state index in [-0.39, 0.29) is 11.9 Å². The van der Waals surface area contributed by atoms with Crippen molar-refractivity contribution in [3.63, 3.8) is 0 Å². The molecule has 0 bridgehead atoms. The second-order valence-corrected chi connectivity index (χ2v) is 4.66. The minimum atomic E-state index is -0.127. The molecular formula is C11H15BrN2O. The third kappa shape index (κ3) is 3.63. The number of nitrogens with one attached hydrogen (secondary N) is 1. The molecule has 0 radical (unpaired) electrons. The van der Waals surface area contributed by atoms with E-state index in [0.717, 1.165) is 0 Å². The van der Waals surface area contributed by atoms with Gasteiger partial charge in [0.2, 0.25) is 0 Å². The molecule has 1 amide bonds. The van der Waals surface area contributed by atoms with Gasteiger partial charge in [-0.1, -0.05) is 19.9 Å². The summed E-state index contributed by atoms with van der Waals surface area (Å²) in [6.45, 7) is 6.12. The SMILES string of the molecule is CC(C)C(C)NC(=O)c1cccc(Br)n1. The van der Waals surface area contributed by atoms with Gasteiger partial charge >= 0.3 is 0 Å². The number of carbonyl (C=O) groups is 1. The van der Waals surface area contributed by atoms with Crippen molar-refractivity contribution in [2.24, 2.45) is 5.92 Å². The van der Waals surface area contributed by atoms with Crippen LogP contribution in [0.4, 0.5) is 0 Å². The standard InChI is InChI=1S/C11H15BrN2O/c1-7(2)8(3)13-11(15)9-5-4-6-10(12)14-9/h4-8H,1-3H3,(H,13,15). The molecule has 0 aliphatic carbocycles. The van der Waals surface area contributed by atoms with E-state index in [1.807, 2.05) is 6.92 Å². The van der Waals surface area contributed by atoms with Crippen molar-refractivity contribution in [1.29, 1.82) is 0 Å². The summed E-state index contributed by atoms with van der Waals surface area (Å²) >= 11 is 3.23. The van der Waals surface area contributed by atoms with Crippen molar-refractivity contribution < 1.29 is 4.79 Å². The number of rotatable bonds is 3. The molecule has 0 fully saturated rings. The second-order valence-electron chi connectivity index (χ2n) is 3.85. The van der Waals surface area contributed by atoms with Gasteiger partial charge in [-0.05, 0) is 40.9 Å². The number of hydrogen-bond acceptors (Lipinski definition) is 2. The van der Waals surface area contributed by atoms with E-state index >= 15 is 0 Å². The largest absolute Gasteiger partial charge is 0.348 e. The molecule has 0 aliphatic rings. The van der Waals surface area contributed by atoms with E-state index in [1.54, 1.807) is 18.2 Å². The number of aromatic nitrogens is 1. The molecule has 1 heterocycles. The van der Waals surface area contributed by atoms with Crippen LogP contribution in [-0.4, -0.2) is 16.9 Å². The van der Waals surface area contributed by atoms with Gasteiger partial charge < -0.3 is 5.32 Å². The Morgan fingerprint density at radius 3 is 2.60 bits per heavy atom. The van der Waals surface area contributed by atoms with Crippen molar-refractivity contribution in [3.05, 3.63) is 28.5 Å². The topological polar surface area (TPSA) is 42.0 Å². The minimum absolute atomic E-state index is 0.127. The van der Waals surface area contributed by atoms with Gasteiger partial charge in [-0.2, -0.15) is 0 Å². The van der Waals surface area contributed by atoms with E-state index in [4.69, 9.17) is 0 Å². The lowest BCUT2D eigenvalue weighted by molar-refractivity contribution is 0.0925. The summed E-state index contributed by atoms with van der Waals surface area (Å²) in [6.07, 6.45) is 0. The van der Waals surface area contributed by atoms with E-state index in [0.29, 0.717) is 16.2 Å². The molecule has 1 aromatic rings. The summed E-state index contributed by atoms with van der Waals surface area (Å²) in [7, 11) is 0. The molecule has 0 spiro atoms. The molecular weight excluding hydrogens is 256 g/mol. The molecule has 1 aromatic heterocycles. The summed E-state index contributed by atoms with van der Waals surface area (Å²) in [5, 5.41) is 2.90. The van der Waals surface area contributed by atoms with Crippen LogP contribution in [0.1, 0.15) is 31.3 Å². The summed E-state index contributed by atoms with van der Waals surface area (Å²) < 4.78 is 0.673. The first-order chi connectivity index (χ1) is 7.00. The fraction of sp³-hybridized carbons (Fsp3) is 0.455. The number of hydrogen-bond donors (Lipinski definition) is 1. The Bertz CT molecular complexity index is 352. The average Bonchev–Trinajstić information content (AvgIpc) is 2.17. The summed E-state index contributed by atoms with van der Waals surface area (Å²) in [4.78, 5) is 15.8. The Balaban J connectivity index is 2.69. The molecule has 0 aromatic carbocycles. The van der Waals surface area contributed by atoms with E-state index in [9.17, 15) is 4.79 Å². The molecule has 1 N–H and O–H groups in total. The summed E-state index contributed by atoms with van der Waals surface area (Å²) in [6, 6.07) is 5.44. The molecule has 0 saturated heterocycles. The van der Waals surface area contributed by atoms with Crippen LogP contribution in [0.2, 0.25) is 0 Å². The zero-order valence-electron chi connectivity index (χ0n) is 9.12. The number of carbonyl (C=O) groups excluding carboxylic acids is 1. The number of amides is 1. The van der Waals surface area contributed by atoms with E-state index < -0.39 is 0 Å². The molecule has 3 nitrogen and oxygen atoms in total. The Hall–Kier alpha value is -0.900. The summed E-state index contributed by atoms with van der Waals surface area (Å²) in [5.74, 6) is 0.290.